The monoisotopic (exact) mass is 306 g/mol. The number of aliphatic carboxylic acids is 1. The number of carbonyl (C=O) groups is 2. The number of carbonyl (C=O) groups excluding carboxylic acids is 1. The fraction of sp³-hybridized carbons (Fsp3) is 0.765. The molecule has 2 saturated carbocycles. The normalized spacial score (nSPS) is 36.8. The van der Waals surface area contributed by atoms with Crippen molar-refractivity contribution in [3.63, 3.8) is 0 Å². The standard InChI is InChI=1S/C17H26N2O3/c20-16(21)13-5-7-15(8-6-13)19-17(22)18-10-14-9-11-1-3-12(14)4-2-11/h1,3,11-15H,2,4-10H2,(H,20,21)(H2,18,19,22). The Labute approximate surface area is 131 Å². The lowest BCUT2D eigenvalue weighted by molar-refractivity contribution is -0.142. The van der Waals surface area contributed by atoms with Gasteiger partial charge in [-0.15, -0.1) is 0 Å². The minimum atomic E-state index is -0.705. The molecule has 3 N–H and O–H groups in total. The molecule has 0 aromatic carbocycles. The molecule has 122 valence electrons. The summed E-state index contributed by atoms with van der Waals surface area (Å²) in [5.41, 5.74) is 0. The van der Waals surface area contributed by atoms with E-state index in [0.717, 1.165) is 19.4 Å². The number of carboxylic acids is 1. The van der Waals surface area contributed by atoms with Crippen molar-refractivity contribution in [2.24, 2.45) is 23.7 Å². The molecule has 4 aliphatic carbocycles. The van der Waals surface area contributed by atoms with E-state index < -0.39 is 5.97 Å². The molecule has 0 radical (unpaired) electrons. The van der Waals surface area contributed by atoms with Crippen molar-refractivity contribution in [3.05, 3.63) is 12.2 Å². The van der Waals surface area contributed by atoms with Gasteiger partial charge < -0.3 is 15.7 Å². The van der Waals surface area contributed by atoms with Crippen molar-refractivity contribution in [3.8, 4) is 0 Å². The topological polar surface area (TPSA) is 78.4 Å². The van der Waals surface area contributed by atoms with Gasteiger partial charge in [0.1, 0.15) is 0 Å². The fourth-order valence-electron chi connectivity index (χ4n) is 4.23. The first-order valence-electron chi connectivity index (χ1n) is 8.57. The number of amides is 2. The van der Waals surface area contributed by atoms with E-state index in [9.17, 15) is 9.59 Å². The third kappa shape index (κ3) is 3.62. The van der Waals surface area contributed by atoms with Gasteiger partial charge in [-0.1, -0.05) is 12.2 Å². The van der Waals surface area contributed by atoms with Crippen molar-refractivity contribution >= 4 is 12.0 Å². The van der Waals surface area contributed by atoms with E-state index in [1.54, 1.807) is 0 Å². The first-order chi connectivity index (χ1) is 10.6. The van der Waals surface area contributed by atoms with E-state index in [-0.39, 0.29) is 18.0 Å². The molecule has 0 aliphatic heterocycles. The largest absolute Gasteiger partial charge is 0.481 e. The third-order valence-electron chi connectivity index (χ3n) is 5.65. The summed E-state index contributed by atoms with van der Waals surface area (Å²) < 4.78 is 0. The molecule has 3 unspecified atom stereocenters. The quantitative estimate of drug-likeness (QED) is 0.698. The summed E-state index contributed by atoms with van der Waals surface area (Å²) in [5.74, 6) is 0.994. The van der Waals surface area contributed by atoms with Gasteiger partial charge in [0.2, 0.25) is 0 Å². The van der Waals surface area contributed by atoms with E-state index >= 15 is 0 Å². The maximum Gasteiger partial charge on any atom is 0.315 e. The van der Waals surface area contributed by atoms with Gasteiger partial charge in [0.15, 0.2) is 0 Å². The predicted molar refractivity (Wildman–Crippen MR) is 83.4 cm³/mol. The summed E-state index contributed by atoms with van der Waals surface area (Å²) >= 11 is 0. The van der Waals surface area contributed by atoms with Crippen LogP contribution in [-0.4, -0.2) is 29.7 Å². The second-order valence-electron chi connectivity index (χ2n) is 7.12. The first kappa shape index (κ1) is 15.4. The zero-order valence-corrected chi connectivity index (χ0v) is 13.0. The molecule has 0 aromatic heterocycles. The third-order valence-corrected chi connectivity index (χ3v) is 5.65. The van der Waals surface area contributed by atoms with E-state index in [4.69, 9.17) is 5.11 Å². The second kappa shape index (κ2) is 6.71. The molecule has 22 heavy (non-hydrogen) atoms. The number of allylic oxidation sites excluding steroid dienone is 2. The van der Waals surface area contributed by atoms with Gasteiger partial charge in [0.25, 0.3) is 0 Å². The van der Waals surface area contributed by atoms with Crippen molar-refractivity contribution in [2.45, 2.75) is 51.0 Å². The molecule has 4 rings (SSSR count). The van der Waals surface area contributed by atoms with E-state index in [0.29, 0.717) is 30.6 Å². The van der Waals surface area contributed by atoms with Crippen LogP contribution in [0.25, 0.3) is 0 Å². The molecule has 5 heteroatoms. The maximum atomic E-state index is 12.0. The molecule has 3 atom stereocenters. The lowest BCUT2D eigenvalue weighted by Crippen LogP contribution is -2.46. The van der Waals surface area contributed by atoms with Gasteiger partial charge in [-0.05, 0) is 62.7 Å². The minimum absolute atomic E-state index is 0.0933. The summed E-state index contributed by atoms with van der Waals surface area (Å²) in [6.07, 6.45) is 11.3. The van der Waals surface area contributed by atoms with Crippen LogP contribution in [-0.2, 0) is 4.79 Å². The Hall–Kier alpha value is -1.52. The lowest BCUT2D eigenvalue weighted by atomic mass is 9.69. The molecular weight excluding hydrogens is 280 g/mol. The minimum Gasteiger partial charge on any atom is -0.481 e. The molecule has 2 amide bonds. The van der Waals surface area contributed by atoms with E-state index in [1.165, 1.54) is 19.3 Å². The van der Waals surface area contributed by atoms with Gasteiger partial charge in [0, 0.05) is 12.6 Å². The van der Waals surface area contributed by atoms with Crippen LogP contribution in [0.5, 0.6) is 0 Å². The number of hydrogen-bond donors (Lipinski definition) is 3. The molecular formula is C17H26N2O3. The zero-order valence-electron chi connectivity index (χ0n) is 13.0. The number of fused-ring (bicyclic) bond motifs is 2. The van der Waals surface area contributed by atoms with Crippen molar-refractivity contribution in [1.82, 2.24) is 10.6 Å². The van der Waals surface area contributed by atoms with Crippen LogP contribution in [0.3, 0.4) is 0 Å². The summed E-state index contributed by atoms with van der Waals surface area (Å²) in [4.78, 5) is 22.9. The highest BCUT2D eigenvalue weighted by Crippen LogP contribution is 2.39. The summed E-state index contributed by atoms with van der Waals surface area (Å²) in [7, 11) is 0. The van der Waals surface area contributed by atoms with Gasteiger partial charge in [-0.3, -0.25) is 4.79 Å². The van der Waals surface area contributed by atoms with Crippen LogP contribution in [0.2, 0.25) is 0 Å². The Morgan fingerprint density at radius 2 is 1.82 bits per heavy atom. The van der Waals surface area contributed by atoms with Crippen LogP contribution in [0.1, 0.15) is 44.9 Å². The highest BCUT2D eigenvalue weighted by Gasteiger charge is 2.32. The van der Waals surface area contributed by atoms with Crippen molar-refractivity contribution < 1.29 is 14.7 Å². The molecule has 0 heterocycles. The Morgan fingerprint density at radius 3 is 2.36 bits per heavy atom. The van der Waals surface area contributed by atoms with Crippen molar-refractivity contribution in [2.75, 3.05) is 6.54 Å². The van der Waals surface area contributed by atoms with Crippen molar-refractivity contribution in [1.29, 1.82) is 0 Å². The highest BCUT2D eigenvalue weighted by atomic mass is 16.4. The predicted octanol–water partition coefficient (Wildman–Crippen LogP) is 2.53. The smallest absolute Gasteiger partial charge is 0.315 e. The maximum absolute atomic E-state index is 12.0. The average molecular weight is 306 g/mol. The zero-order chi connectivity index (χ0) is 15.5. The molecule has 0 saturated heterocycles. The van der Waals surface area contributed by atoms with Crippen LogP contribution in [0, 0.1) is 23.7 Å². The van der Waals surface area contributed by atoms with Crippen LogP contribution in [0.15, 0.2) is 12.2 Å². The van der Waals surface area contributed by atoms with E-state index in [2.05, 4.69) is 22.8 Å². The van der Waals surface area contributed by atoms with E-state index in [1.807, 2.05) is 0 Å². The molecule has 0 aromatic rings. The Morgan fingerprint density at radius 1 is 1.05 bits per heavy atom. The number of nitrogens with one attached hydrogen (secondary N) is 2. The SMILES string of the molecule is O=C(NCC1CC2C=CC1CC2)NC1CCC(C(=O)O)CC1. The summed E-state index contributed by atoms with van der Waals surface area (Å²) in [5, 5.41) is 15.0. The van der Waals surface area contributed by atoms with Crippen LogP contribution < -0.4 is 10.6 Å². The highest BCUT2D eigenvalue weighted by molar-refractivity contribution is 5.74. The lowest BCUT2D eigenvalue weighted by Gasteiger charge is -2.38. The molecule has 2 fully saturated rings. The van der Waals surface area contributed by atoms with Gasteiger partial charge in [-0.2, -0.15) is 0 Å². The number of rotatable bonds is 4. The first-order valence-corrected chi connectivity index (χ1v) is 8.57. The van der Waals surface area contributed by atoms with Crippen LogP contribution in [0.4, 0.5) is 4.79 Å². The summed E-state index contributed by atoms with van der Waals surface area (Å²) in [6.45, 7) is 0.752. The number of carboxylic acid groups (broad SMARTS) is 1. The Kier molecular flexibility index (Phi) is 4.69. The Bertz CT molecular complexity index is 455. The van der Waals surface area contributed by atoms with Crippen LogP contribution >= 0.6 is 0 Å². The summed E-state index contributed by atoms with van der Waals surface area (Å²) in [6, 6.07) is 0.0301. The number of urea groups is 1. The van der Waals surface area contributed by atoms with Gasteiger partial charge in [-0.25, -0.2) is 4.79 Å². The van der Waals surface area contributed by atoms with Gasteiger partial charge in [0.05, 0.1) is 5.92 Å². The fourth-order valence-corrected chi connectivity index (χ4v) is 4.23. The number of hydrogen-bond acceptors (Lipinski definition) is 2. The Balaban J connectivity index is 1.37. The molecule has 5 nitrogen and oxygen atoms in total. The molecule has 2 bridgehead atoms. The molecule has 0 spiro atoms. The molecule has 4 aliphatic rings. The average Bonchev–Trinajstić information content (AvgIpc) is 2.54. The second-order valence-corrected chi connectivity index (χ2v) is 7.12. The van der Waals surface area contributed by atoms with Gasteiger partial charge >= 0.3 is 12.0 Å².